The van der Waals surface area contributed by atoms with Gasteiger partial charge in [-0.1, -0.05) is 41.9 Å². The molecule has 2 aromatic rings. The van der Waals surface area contributed by atoms with Crippen LogP contribution in [0.5, 0.6) is 0 Å². The van der Waals surface area contributed by atoms with E-state index in [0.717, 1.165) is 6.42 Å². The molecule has 1 atom stereocenters. The van der Waals surface area contributed by atoms with Crippen LogP contribution >= 0.6 is 23.2 Å². The van der Waals surface area contributed by atoms with Gasteiger partial charge in [0.15, 0.2) is 0 Å². The Balaban J connectivity index is 2.16. The van der Waals surface area contributed by atoms with Gasteiger partial charge in [-0.25, -0.2) is 4.39 Å². The lowest BCUT2D eigenvalue weighted by Gasteiger charge is -2.16. The van der Waals surface area contributed by atoms with E-state index in [0.29, 0.717) is 22.9 Å². The Labute approximate surface area is 129 Å². The zero-order valence-electron chi connectivity index (χ0n) is 11.4. The molecule has 0 amide bonds. The standard InChI is InChI=1S/C17H17Cl2F/c1-12-5-2-3-6-14(12)9-13(11-18)10-15-16(19)7-4-8-17(15)20/h2-8,13H,9-11H2,1H3. The summed E-state index contributed by atoms with van der Waals surface area (Å²) in [5.41, 5.74) is 3.06. The van der Waals surface area contributed by atoms with Crippen LogP contribution in [0, 0.1) is 18.7 Å². The first-order valence-corrected chi connectivity index (χ1v) is 7.56. The van der Waals surface area contributed by atoms with Crippen molar-refractivity contribution in [1.82, 2.24) is 0 Å². The third kappa shape index (κ3) is 3.74. The number of rotatable bonds is 5. The first-order valence-electron chi connectivity index (χ1n) is 6.65. The molecule has 2 rings (SSSR count). The molecule has 0 bridgehead atoms. The highest BCUT2D eigenvalue weighted by Crippen LogP contribution is 2.25. The monoisotopic (exact) mass is 310 g/mol. The highest BCUT2D eigenvalue weighted by atomic mass is 35.5. The smallest absolute Gasteiger partial charge is 0.127 e. The Bertz CT molecular complexity index is 561. The average molecular weight is 311 g/mol. The summed E-state index contributed by atoms with van der Waals surface area (Å²) < 4.78 is 13.8. The molecule has 0 nitrogen and oxygen atoms in total. The predicted molar refractivity (Wildman–Crippen MR) is 84.2 cm³/mol. The summed E-state index contributed by atoms with van der Waals surface area (Å²) in [4.78, 5) is 0. The molecule has 0 saturated heterocycles. The van der Waals surface area contributed by atoms with Crippen LogP contribution in [0.1, 0.15) is 16.7 Å². The highest BCUT2D eigenvalue weighted by molar-refractivity contribution is 6.31. The van der Waals surface area contributed by atoms with Crippen LogP contribution in [0.4, 0.5) is 4.39 Å². The number of benzene rings is 2. The Morgan fingerprint density at radius 3 is 2.45 bits per heavy atom. The molecule has 2 aromatic carbocycles. The minimum Gasteiger partial charge on any atom is -0.207 e. The maximum Gasteiger partial charge on any atom is 0.127 e. The lowest BCUT2D eigenvalue weighted by Crippen LogP contribution is -2.12. The van der Waals surface area contributed by atoms with Gasteiger partial charge in [0, 0.05) is 16.5 Å². The summed E-state index contributed by atoms with van der Waals surface area (Å²) >= 11 is 12.1. The molecular weight excluding hydrogens is 294 g/mol. The lowest BCUT2D eigenvalue weighted by molar-refractivity contribution is 0.545. The fourth-order valence-corrected chi connectivity index (χ4v) is 2.81. The summed E-state index contributed by atoms with van der Waals surface area (Å²) in [7, 11) is 0. The van der Waals surface area contributed by atoms with E-state index in [1.165, 1.54) is 17.2 Å². The van der Waals surface area contributed by atoms with Gasteiger partial charge in [0.2, 0.25) is 0 Å². The highest BCUT2D eigenvalue weighted by Gasteiger charge is 2.15. The lowest BCUT2D eigenvalue weighted by atomic mass is 9.92. The Morgan fingerprint density at radius 2 is 1.80 bits per heavy atom. The number of hydrogen-bond donors (Lipinski definition) is 0. The van der Waals surface area contributed by atoms with E-state index in [9.17, 15) is 4.39 Å². The maximum atomic E-state index is 13.8. The van der Waals surface area contributed by atoms with Crippen LogP contribution in [0.2, 0.25) is 5.02 Å². The Kier molecular flexibility index (Phi) is 5.45. The second-order valence-corrected chi connectivity index (χ2v) is 5.77. The molecular formula is C17H17Cl2F. The first kappa shape index (κ1) is 15.3. The quantitative estimate of drug-likeness (QED) is 0.646. The van der Waals surface area contributed by atoms with Crippen molar-refractivity contribution in [3.8, 4) is 0 Å². The molecule has 0 heterocycles. The van der Waals surface area contributed by atoms with Gasteiger partial charge in [0.05, 0.1) is 0 Å². The molecule has 106 valence electrons. The number of hydrogen-bond acceptors (Lipinski definition) is 0. The summed E-state index contributed by atoms with van der Waals surface area (Å²) in [5.74, 6) is 0.406. The molecule has 1 unspecified atom stereocenters. The molecule has 3 heteroatoms. The zero-order valence-corrected chi connectivity index (χ0v) is 12.9. The van der Waals surface area contributed by atoms with E-state index in [1.807, 2.05) is 12.1 Å². The molecule has 0 saturated carbocycles. The van der Waals surface area contributed by atoms with E-state index in [1.54, 1.807) is 12.1 Å². The summed E-state index contributed by atoms with van der Waals surface area (Å²) in [6, 6.07) is 13.0. The predicted octanol–water partition coefficient (Wildman–Crippen LogP) is 5.43. The number of halogens is 3. The third-order valence-electron chi connectivity index (χ3n) is 3.54. The second-order valence-electron chi connectivity index (χ2n) is 5.06. The van der Waals surface area contributed by atoms with Gasteiger partial charge in [-0.2, -0.15) is 0 Å². The van der Waals surface area contributed by atoms with Gasteiger partial charge in [0.25, 0.3) is 0 Å². The van der Waals surface area contributed by atoms with Crippen molar-refractivity contribution < 1.29 is 4.39 Å². The van der Waals surface area contributed by atoms with E-state index in [-0.39, 0.29) is 11.7 Å². The third-order valence-corrected chi connectivity index (χ3v) is 4.33. The first-order chi connectivity index (χ1) is 9.61. The van der Waals surface area contributed by atoms with Gasteiger partial charge in [-0.15, -0.1) is 11.6 Å². The van der Waals surface area contributed by atoms with Gasteiger partial charge in [0.1, 0.15) is 5.82 Å². The van der Waals surface area contributed by atoms with Gasteiger partial charge >= 0.3 is 0 Å². The van der Waals surface area contributed by atoms with Crippen LogP contribution in [0.15, 0.2) is 42.5 Å². The van der Waals surface area contributed by atoms with Crippen molar-refractivity contribution in [3.05, 3.63) is 70.0 Å². The van der Waals surface area contributed by atoms with Crippen molar-refractivity contribution in [1.29, 1.82) is 0 Å². The van der Waals surface area contributed by atoms with Crippen molar-refractivity contribution >= 4 is 23.2 Å². The summed E-state index contributed by atoms with van der Waals surface area (Å²) in [5, 5.41) is 0.477. The summed E-state index contributed by atoms with van der Waals surface area (Å²) in [6.07, 6.45) is 1.39. The molecule has 0 aromatic heterocycles. The van der Waals surface area contributed by atoms with Crippen LogP contribution in [-0.2, 0) is 12.8 Å². The van der Waals surface area contributed by atoms with E-state index in [4.69, 9.17) is 23.2 Å². The van der Waals surface area contributed by atoms with E-state index in [2.05, 4.69) is 19.1 Å². The topological polar surface area (TPSA) is 0 Å². The fourth-order valence-electron chi connectivity index (χ4n) is 2.35. The Hall–Kier alpha value is -1.05. The van der Waals surface area contributed by atoms with Crippen LogP contribution in [0.3, 0.4) is 0 Å². The molecule has 0 fully saturated rings. The van der Waals surface area contributed by atoms with Gasteiger partial charge < -0.3 is 0 Å². The molecule has 0 spiro atoms. The zero-order chi connectivity index (χ0) is 14.5. The van der Waals surface area contributed by atoms with Crippen LogP contribution in [0.25, 0.3) is 0 Å². The minimum atomic E-state index is -0.252. The van der Waals surface area contributed by atoms with Crippen molar-refractivity contribution in [2.75, 3.05) is 5.88 Å². The maximum absolute atomic E-state index is 13.8. The molecule has 0 aliphatic heterocycles. The second kappa shape index (κ2) is 7.10. The molecule has 0 N–H and O–H groups in total. The van der Waals surface area contributed by atoms with Crippen molar-refractivity contribution in [3.63, 3.8) is 0 Å². The molecule has 0 radical (unpaired) electrons. The molecule has 20 heavy (non-hydrogen) atoms. The largest absolute Gasteiger partial charge is 0.207 e. The SMILES string of the molecule is Cc1ccccc1CC(CCl)Cc1c(F)cccc1Cl. The van der Waals surface area contributed by atoms with Crippen LogP contribution < -0.4 is 0 Å². The number of aryl methyl sites for hydroxylation is 1. The molecule has 0 aliphatic carbocycles. The minimum absolute atomic E-state index is 0.173. The average Bonchev–Trinajstić information content (AvgIpc) is 2.44. The Morgan fingerprint density at radius 1 is 1.05 bits per heavy atom. The van der Waals surface area contributed by atoms with Crippen molar-refractivity contribution in [2.24, 2.45) is 5.92 Å². The van der Waals surface area contributed by atoms with Gasteiger partial charge in [-0.05, 0) is 48.9 Å². The van der Waals surface area contributed by atoms with Gasteiger partial charge in [-0.3, -0.25) is 0 Å². The summed E-state index contributed by atoms with van der Waals surface area (Å²) in [6.45, 7) is 2.08. The van der Waals surface area contributed by atoms with E-state index < -0.39 is 0 Å². The van der Waals surface area contributed by atoms with E-state index >= 15 is 0 Å². The normalized spacial score (nSPS) is 12.4. The number of alkyl halides is 1. The molecule has 0 aliphatic rings. The fraction of sp³-hybridized carbons (Fsp3) is 0.294. The van der Waals surface area contributed by atoms with Crippen LogP contribution in [-0.4, -0.2) is 5.88 Å². The van der Waals surface area contributed by atoms with Crippen molar-refractivity contribution in [2.45, 2.75) is 19.8 Å².